The maximum atomic E-state index is 11.5. The zero-order valence-corrected chi connectivity index (χ0v) is 9.30. The van der Waals surface area contributed by atoms with Gasteiger partial charge >= 0.3 is 5.97 Å². The van der Waals surface area contributed by atoms with E-state index in [0.29, 0.717) is 12.2 Å². The van der Waals surface area contributed by atoms with Crippen LogP contribution in [-0.2, 0) is 11.2 Å². The van der Waals surface area contributed by atoms with Crippen molar-refractivity contribution >= 4 is 11.9 Å². The maximum Gasteiger partial charge on any atom is 0.328 e. The predicted molar refractivity (Wildman–Crippen MR) is 56.4 cm³/mol. The van der Waals surface area contributed by atoms with Gasteiger partial charge in [-0.05, 0) is 6.42 Å². The number of rotatable bonds is 6. The molecular formula is C9H14N4O4. The molecule has 0 spiro atoms. The van der Waals surface area contributed by atoms with Crippen molar-refractivity contribution in [3.63, 3.8) is 0 Å². The second-order valence-corrected chi connectivity index (χ2v) is 3.40. The van der Waals surface area contributed by atoms with E-state index in [-0.39, 0.29) is 5.82 Å². The lowest BCUT2D eigenvalue weighted by molar-refractivity contribution is -0.140. The Morgan fingerprint density at radius 2 is 2.24 bits per heavy atom. The number of carbonyl (C=O) groups excluding carboxylic acids is 1. The number of aromatic amines is 1. The van der Waals surface area contributed by atoms with E-state index in [4.69, 9.17) is 10.2 Å². The fraction of sp³-hybridized carbons (Fsp3) is 0.556. The summed E-state index contributed by atoms with van der Waals surface area (Å²) in [5.41, 5.74) is 0. The van der Waals surface area contributed by atoms with Crippen LogP contribution in [0.15, 0.2) is 0 Å². The van der Waals surface area contributed by atoms with Crippen LogP contribution in [0.4, 0.5) is 0 Å². The molecule has 0 bridgehead atoms. The number of nitrogens with zero attached hydrogens (tertiary/aromatic N) is 2. The van der Waals surface area contributed by atoms with E-state index >= 15 is 0 Å². The highest BCUT2D eigenvalue weighted by Crippen LogP contribution is 1.97. The Bertz CT molecular complexity index is 403. The average Bonchev–Trinajstić information content (AvgIpc) is 2.74. The number of aliphatic hydroxyl groups excluding tert-OH is 1. The van der Waals surface area contributed by atoms with E-state index in [9.17, 15) is 9.59 Å². The molecule has 0 saturated carbocycles. The first-order valence-corrected chi connectivity index (χ1v) is 5.14. The van der Waals surface area contributed by atoms with E-state index in [1.807, 2.05) is 6.92 Å². The van der Waals surface area contributed by atoms with Crippen LogP contribution in [0.5, 0.6) is 0 Å². The summed E-state index contributed by atoms with van der Waals surface area (Å²) >= 11 is 0. The molecule has 1 aromatic heterocycles. The molecule has 0 aromatic carbocycles. The molecule has 4 N–H and O–H groups in total. The SMILES string of the molecule is CCCc1nc(C(=O)N[C@@H](CO)C(=O)O)n[nH]1. The summed E-state index contributed by atoms with van der Waals surface area (Å²) < 4.78 is 0. The van der Waals surface area contributed by atoms with E-state index in [2.05, 4.69) is 20.5 Å². The molecule has 1 amide bonds. The Morgan fingerprint density at radius 3 is 2.76 bits per heavy atom. The van der Waals surface area contributed by atoms with Gasteiger partial charge in [0, 0.05) is 6.42 Å². The first-order valence-electron chi connectivity index (χ1n) is 5.14. The van der Waals surface area contributed by atoms with Crippen molar-refractivity contribution < 1.29 is 19.8 Å². The quantitative estimate of drug-likeness (QED) is 0.503. The fourth-order valence-electron chi connectivity index (χ4n) is 1.15. The smallest absolute Gasteiger partial charge is 0.328 e. The van der Waals surface area contributed by atoms with Crippen molar-refractivity contribution in [3.8, 4) is 0 Å². The van der Waals surface area contributed by atoms with E-state index in [1.54, 1.807) is 0 Å². The Labute approximate surface area is 97.1 Å². The maximum absolute atomic E-state index is 11.5. The van der Waals surface area contributed by atoms with Crippen LogP contribution in [0.3, 0.4) is 0 Å². The number of aliphatic carboxylic acids is 1. The third-order valence-corrected chi connectivity index (χ3v) is 2.01. The van der Waals surface area contributed by atoms with Gasteiger partial charge in [0.05, 0.1) is 6.61 Å². The van der Waals surface area contributed by atoms with Crippen LogP contribution in [0.1, 0.15) is 29.8 Å². The van der Waals surface area contributed by atoms with Gasteiger partial charge in [0.15, 0.2) is 6.04 Å². The normalized spacial score (nSPS) is 12.1. The lowest BCUT2D eigenvalue weighted by Gasteiger charge is -2.09. The van der Waals surface area contributed by atoms with Gasteiger partial charge < -0.3 is 15.5 Å². The number of H-pyrrole nitrogens is 1. The average molecular weight is 242 g/mol. The molecule has 8 heteroatoms. The molecule has 1 atom stereocenters. The summed E-state index contributed by atoms with van der Waals surface area (Å²) in [7, 11) is 0. The Hall–Kier alpha value is -1.96. The van der Waals surface area contributed by atoms with Gasteiger partial charge in [0.25, 0.3) is 5.91 Å². The number of hydrogen-bond acceptors (Lipinski definition) is 5. The minimum Gasteiger partial charge on any atom is -0.480 e. The van der Waals surface area contributed by atoms with Crippen LogP contribution in [-0.4, -0.2) is 49.9 Å². The number of nitrogens with one attached hydrogen (secondary N) is 2. The van der Waals surface area contributed by atoms with Gasteiger partial charge in [0.1, 0.15) is 5.82 Å². The molecular weight excluding hydrogens is 228 g/mol. The second-order valence-electron chi connectivity index (χ2n) is 3.40. The number of carboxylic acids is 1. The van der Waals surface area contributed by atoms with Crippen molar-refractivity contribution in [2.24, 2.45) is 0 Å². The molecule has 1 heterocycles. The van der Waals surface area contributed by atoms with E-state index in [0.717, 1.165) is 6.42 Å². The van der Waals surface area contributed by atoms with Crippen molar-refractivity contribution in [2.45, 2.75) is 25.8 Å². The topological polar surface area (TPSA) is 128 Å². The monoisotopic (exact) mass is 242 g/mol. The van der Waals surface area contributed by atoms with Crippen molar-refractivity contribution in [1.29, 1.82) is 0 Å². The lowest BCUT2D eigenvalue weighted by Crippen LogP contribution is -2.43. The fourth-order valence-corrected chi connectivity index (χ4v) is 1.15. The first kappa shape index (κ1) is 13.1. The number of amides is 1. The molecule has 0 saturated heterocycles. The molecule has 17 heavy (non-hydrogen) atoms. The molecule has 1 rings (SSSR count). The van der Waals surface area contributed by atoms with Gasteiger partial charge in [0.2, 0.25) is 5.82 Å². The zero-order valence-electron chi connectivity index (χ0n) is 9.30. The number of carboxylic acid groups (broad SMARTS) is 1. The van der Waals surface area contributed by atoms with Crippen LogP contribution >= 0.6 is 0 Å². The molecule has 0 fully saturated rings. The summed E-state index contributed by atoms with van der Waals surface area (Å²) in [6.07, 6.45) is 1.51. The van der Waals surface area contributed by atoms with Crippen molar-refractivity contribution in [2.75, 3.05) is 6.61 Å². The molecule has 8 nitrogen and oxygen atoms in total. The highest BCUT2D eigenvalue weighted by atomic mass is 16.4. The summed E-state index contributed by atoms with van der Waals surface area (Å²) in [5, 5.41) is 25.7. The third-order valence-electron chi connectivity index (χ3n) is 2.01. The zero-order chi connectivity index (χ0) is 12.8. The van der Waals surface area contributed by atoms with Crippen molar-refractivity contribution in [1.82, 2.24) is 20.5 Å². The molecule has 94 valence electrons. The minimum absolute atomic E-state index is 0.131. The number of aromatic nitrogens is 3. The van der Waals surface area contributed by atoms with Crippen LogP contribution in [0.2, 0.25) is 0 Å². The lowest BCUT2D eigenvalue weighted by atomic mass is 10.3. The van der Waals surface area contributed by atoms with E-state index in [1.165, 1.54) is 0 Å². The molecule has 0 unspecified atom stereocenters. The number of hydrogen-bond donors (Lipinski definition) is 4. The minimum atomic E-state index is -1.35. The third kappa shape index (κ3) is 3.52. The first-order chi connectivity index (χ1) is 8.08. The van der Waals surface area contributed by atoms with Gasteiger partial charge in [-0.2, -0.15) is 0 Å². The van der Waals surface area contributed by atoms with Crippen LogP contribution in [0, 0.1) is 0 Å². The van der Waals surface area contributed by atoms with Gasteiger partial charge in [-0.3, -0.25) is 9.89 Å². The highest BCUT2D eigenvalue weighted by Gasteiger charge is 2.21. The summed E-state index contributed by atoms with van der Waals surface area (Å²) in [6, 6.07) is -1.35. The largest absolute Gasteiger partial charge is 0.480 e. The molecule has 0 aliphatic heterocycles. The van der Waals surface area contributed by atoms with E-state index < -0.39 is 24.5 Å². The summed E-state index contributed by atoms with van der Waals surface area (Å²) in [4.78, 5) is 26.0. The summed E-state index contributed by atoms with van der Waals surface area (Å²) in [6.45, 7) is 1.27. The number of carbonyl (C=O) groups is 2. The number of aryl methyl sites for hydroxylation is 1. The Morgan fingerprint density at radius 1 is 1.53 bits per heavy atom. The highest BCUT2D eigenvalue weighted by molar-refractivity contribution is 5.93. The molecule has 1 aromatic rings. The summed E-state index contributed by atoms with van der Waals surface area (Å²) in [5.74, 6) is -1.61. The van der Waals surface area contributed by atoms with Gasteiger partial charge in [-0.15, -0.1) is 5.10 Å². The standard InChI is InChI=1S/C9H14N4O4/c1-2-3-6-11-7(13-12-6)8(15)10-5(4-14)9(16)17/h5,14H,2-4H2,1H3,(H,10,15)(H,16,17)(H,11,12,13)/t5-/m0/s1. The molecule has 0 radical (unpaired) electrons. The van der Waals surface area contributed by atoms with Gasteiger partial charge in [-0.1, -0.05) is 6.92 Å². The molecule has 0 aliphatic rings. The molecule has 0 aliphatic carbocycles. The van der Waals surface area contributed by atoms with Crippen LogP contribution < -0.4 is 5.32 Å². The van der Waals surface area contributed by atoms with Gasteiger partial charge in [-0.25, -0.2) is 9.78 Å². The number of aliphatic hydroxyl groups is 1. The van der Waals surface area contributed by atoms with Crippen molar-refractivity contribution in [3.05, 3.63) is 11.6 Å². The Balaban J connectivity index is 2.65. The van der Waals surface area contributed by atoms with Crippen LogP contribution in [0.25, 0.3) is 0 Å². The second kappa shape index (κ2) is 5.94. The Kier molecular flexibility index (Phi) is 4.58. The predicted octanol–water partition coefficient (Wildman–Crippen LogP) is -1.07.